The predicted octanol–water partition coefficient (Wildman–Crippen LogP) is 3.22. The Balaban J connectivity index is 1.71. The zero-order chi connectivity index (χ0) is 13.3. The van der Waals surface area contributed by atoms with E-state index in [1.54, 1.807) is 0 Å². The lowest BCUT2D eigenvalue weighted by atomic mass is 9.76. The second-order valence-electron chi connectivity index (χ2n) is 6.53. The summed E-state index contributed by atoms with van der Waals surface area (Å²) in [6, 6.07) is 0. The maximum absolute atomic E-state index is 6.56. The van der Waals surface area contributed by atoms with Crippen LogP contribution < -0.4 is 5.73 Å². The van der Waals surface area contributed by atoms with Gasteiger partial charge in [0.2, 0.25) is 0 Å². The summed E-state index contributed by atoms with van der Waals surface area (Å²) in [5, 5.41) is 7.60. The Morgan fingerprint density at radius 2 is 1.89 bits per heavy atom. The molecule has 0 bridgehead atoms. The maximum Gasteiger partial charge on any atom is 0.170 e. The van der Waals surface area contributed by atoms with Crippen molar-refractivity contribution in [3.05, 3.63) is 11.6 Å². The van der Waals surface area contributed by atoms with Gasteiger partial charge in [-0.1, -0.05) is 26.2 Å². The summed E-state index contributed by atoms with van der Waals surface area (Å²) in [7, 11) is 0. The van der Waals surface area contributed by atoms with E-state index < -0.39 is 0 Å². The molecule has 0 aromatic carbocycles. The quantitative estimate of drug-likeness (QED) is 0.879. The summed E-state index contributed by atoms with van der Waals surface area (Å²) in [6.07, 6.45) is 11.0. The van der Waals surface area contributed by atoms with Crippen LogP contribution in [-0.4, -0.2) is 15.2 Å². The summed E-state index contributed by atoms with van der Waals surface area (Å²) in [6.45, 7) is 2.28. The largest absolute Gasteiger partial charge is 0.319 e. The van der Waals surface area contributed by atoms with Crippen LogP contribution in [0, 0.1) is 5.92 Å². The van der Waals surface area contributed by atoms with Crippen molar-refractivity contribution < 1.29 is 0 Å². The molecule has 2 fully saturated rings. The van der Waals surface area contributed by atoms with Crippen LogP contribution in [-0.2, 0) is 5.54 Å². The highest BCUT2D eigenvalue weighted by atomic mass is 15.2. The van der Waals surface area contributed by atoms with Crippen LogP contribution >= 0.6 is 0 Å². The Hall–Kier alpha value is -0.900. The van der Waals surface area contributed by atoms with Gasteiger partial charge in [0.1, 0.15) is 5.82 Å². The second kappa shape index (κ2) is 5.23. The van der Waals surface area contributed by atoms with Gasteiger partial charge in [-0.15, -0.1) is 0 Å². The van der Waals surface area contributed by atoms with E-state index in [1.165, 1.54) is 44.9 Å². The van der Waals surface area contributed by atoms with Crippen molar-refractivity contribution in [2.24, 2.45) is 11.7 Å². The minimum absolute atomic E-state index is 0.279. The van der Waals surface area contributed by atoms with Gasteiger partial charge < -0.3 is 5.73 Å². The molecule has 0 unspecified atom stereocenters. The maximum atomic E-state index is 6.56. The molecule has 0 spiro atoms. The number of rotatable bonds is 3. The van der Waals surface area contributed by atoms with Crippen molar-refractivity contribution in [1.29, 1.82) is 0 Å². The zero-order valence-corrected chi connectivity index (χ0v) is 12.0. The van der Waals surface area contributed by atoms with E-state index in [9.17, 15) is 0 Å². The summed E-state index contributed by atoms with van der Waals surface area (Å²) in [5.41, 5.74) is 6.29. The minimum Gasteiger partial charge on any atom is -0.319 e. The van der Waals surface area contributed by atoms with Crippen LogP contribution in [0.3, 0.4) is 0 Å². The first-order chi connectivity index (χ1) is 9.21. The van der Waals surface area contributed by atoms with Gasteiger partial charge in [0.15, 0.2) is 5.82 Å². The molecule has 2 aliphatic carbocycles. The average Bonchev–Trinajstić information content (AvgIpc) is 3.10. The third kappa shape index (κ3) is 2.55. The first kappa shape index (κ1) is 13.1. The monoisotopic (exact) mass is 262 g/mol. The van der Waals surface area contributed by atoms with E-state index in [1.807, 2.05) is 0 Å². The van der Waals surface area contributed by atoms with Gasteiger partial charge in [-0.05, 0) is 44.4 Å². The van der Waals surface area contributed by atoms with Gasteiger partial charge in [-0.25, -0.2) is 4.98 Å². The fourth-order valence-electron chi connectivity index (χ4n) is 3.70. The van der Waals surface area contributed by atoms with E-state index in [2.05, 4.69) is 17.1 Å². The molecule has 4 heteroatoms. The van der Waals surface area contributed by atoms with Gasteiger partial charge in [0, 0.05) is 5.92 Å². The highest BCUT2D eigenvalue weighted by Gasteiger charge is 2.36. The number of hydrogen-bond donors (Lipinski definition) is 2. The smallest absolute Gasteiger partial charge is 0.170 e. The van der Waals surface area contributed by atoms with Crippen molar-refractivity contribution >= 4 is 0 Å². The van der Waals surface area contributed by atoms with Crippen LogP contribution in [0.4, 0.5) is 0 Å². The summed E-state index contributed by atoms with van der Waals surface area (Å²) >= 11 is 0. The third-order valence-corrected chi connectivity index (χ3v) is 5.26. The van der Waals surface area contributed by atoms with Crippen molar-refractivity contribution in [3.63, 3.8) is 0 Å². The van der Waals surface area contributed by atoms with Crippen molar-refractivity contribution in [2.45, 2.75) is 76.2 Å². The SMILES string of the molecule is CCC1CCC(N)(c2n[nH]c(C3CCCC3)n2)CC1. The topological polar surface area (TPSA) is 67.6 Å². The summed E-state index contributed by atoms with van der Waals surface area (Å²) < 4.78 is 0. The number of nitrogens with one attached hydrogen (secondary N) is 1. The molecule has 4 nitrogen and oxygen atoms in total. The van der Waals surface area contributed by atoms with E-state index in [0.29, 0.717) is 5.92 Å². The molecule has 2 aliphatic rings. The first-order valence-electron chi connectivity index (χ1n) is 7.93. The molecule has 0 aliphatic heterocycles. The van der Waals surface area contributed by atoms with Crippen LogP contribution in [0.5, 0.6) is 0 Å². The number of aromatic amines is 1. The predicted molar refractivity (Wildman–Crippen MR) is 75.7 cm³/mol. The second-order valence-corrected chi connectivity index (χ2v) is 6.53. The van der Waals surface area contributed by atoms with E-state index in [-0.39, 0.29) is 5.54 Å². The van der Waals surface area contributed by atoms with Crippen LogP contribution in [0.2, 0.25) is 0 Å². The van der Waals surface area contributed by atoms with Crippen molar-refractivity contribution in [1.82, 2.24) is 15.2 Å². The minimum atomic E-state index is -0.279. The van der Waals surface area contributed by atoms with Crippen LogP contribution in [0.15, 0.2) is 0 Å². The molecular formula is C15H26N4. The van der Waals surface area contributed by atoms with Crippen molar-refractivity contribution in [2.75, 3.05) is 0 Å². The lowest BCUT2D eigenvalue weighted by Crippen LogP contribution is -2.41. The normalized spacial score (nSPS) is 32.8. The zero-order valence-electron chi connectivity index (χ0n) is 12.0. The third-order valence-electron chi connectivity index (χ3n) is 5.26. The summed E-state index contributed by atoms with van der Waals surface area (Å²) in [4.78, 5) is 4.75. The summed E-state index contributed by atoms with van der Waals surface area (Å²) in [5.74, 6) is 3.39. The molecule has 2 saturated carbocycles. The average molecular weight is 262 g/mol. The molecule has 106 valence electrons. The first-order valence-corrected chi connectivity index (χ1v) is 7.93. The molecular weight excluding hydrogens is 236 g/mol. The number of aromatic nitrogens is 3. The molecule has 3 N–H and O–H groups in total. The standard InChI is InChI=1S/C15H26N4/c1-2-11-7-9-15(16,10-8-11)14-17-13(18-19-14)12-5-3-4-6-12/h11-12H,2-10,16H2,1H3,(H,17,18,19). The molecule has 1 aromatic heterocycles. The fraction of sp³-hybridized carbons (Fsp3) is 0.867. The van der Waals surface area contributed by atoms with E-state index >= 15 is 0 Å². The number of hydrogen-bond acceptors (Lipinski definition) is 3. The van der Waals surface area contributed by atoms with Gasteiger partial charge in [-0.2, -0.15) is 5.10 Å². The molecule has 0 saturated heterocycles. The van der Waals surface area contributed by atoms with Gasteiger partial charge in [-0.3, -0.25) is 5.10 Å². The Bertz CT molecular complexity index is 412. The van der Waals surface area contributed by atoms with E-state index in [0.717, 1.165) is 30.4 Å². The highest BCUT2D eigenvalue weighted by molar-refractivity contribution is 5.09. The lowest BCUT2D eigenvalue weighted by Gasteiger charge is -2.34. The number of nitrogens with zero attached hydrogens (tertiary/aromatic N) is 2. The van der Waals surface area contributed by atoms with Gasteiger partial charge in [0.25, 0.3) is 0 Å². The molecule has 3 rings (SSSR count). The molecule has 0 amide bonds. The Labute approximate surface area is 115 Å². The Morgan fingerprint density at radius 3 is 2.53 bits per heavy atom. The van der Waals surface area contributed by atoms with Crippen molar-refractivity contribution in [3.8, 4) is 0 Å². The molecule has 1 aromatic rings. The molecule has 0 atom stereocenters. The fourth-order valence-corrected chi connectivity index (χ4v) is 3.70. The highest BCUT2D eigenvalue weighted by Crippen LogP contribution is 2.38. The Morgan fingerprint density at radius 1 is 1.21 bits per heavy atom. The lowest BCUT2D eigenvalue weighted by molar-refractivity contribution is 0.222. The Kier molecular flexibility index (Phi) is 3.61. The van der Waals surface area contributed by atoms with Gasteiger partial charge in [0.05, 0.1) is 5.54 Å². The number of nitrogens with two attached hydrogens (primary N) is 1. The van der Waals surface area contributed by atoms with Crippen LogP contribution in [0.25, 0.3) is 0 Å². The molecule has 0 radical (unpaired) electrons. The molecule has 1 heterocycles. The van der Waals surface area contributed by atoms with E-state index in [4.69, 9.17) is 10.7 Å². The van der Waals surface area contributed by atoms with Crippen LogP contribution in [0.1, 0.15) is 82.3 Å². The van der Waals surface area contributed by atoms with Gasteiger partial charge >= 0.3 is 0 Å². The molecule has 19 heavy (non-hydrogen) atoms. The number of H-pyrrole nitrogens is 1.